The highest BCUT2D eigenvalue weighted by Gasteiger charge is 2.22. The Morgan fingerprint density at radius 3 is 2.44 bits per heavy atom. The van der Waals surface area contributed by atoms with Gasteiger partial charge in [0.25, 0.3) is 21.6 Å². The summed E-state index contributed by atoms with van der Waals surface area (Å²) in [6.07, 6.45) is 0. The molecule has 0 spiro atoms. The predicted octanol–water partition coefficient (Wildman–Crippen LogP) is 2.37. The van der Waals surface area contributed by atoms with Crippen LogP contribution in [-0.2, 0) is 10.0 Å². The van der Waals surface area contributed by atoms with E-state index in [4.69, 9.17) is 0 Å². The number of nitrogens with one attached hydrogen (secondary N) is 2. The first-order valence-corrected chi connectivity index (χ1v) is 8.75. The lowest BCUT2D eigenvalue weighted by atomic mass is 10.1. The van der Waals surface area contributed by atoms with Crippen molar-refractivity contribution in [3.8, 4) is 0 Å². The summed E-state index contributed by atoms with van der Waals surface area (Å²) in [5, 5.41) is 13.4. The predicted molar refractivity (Wildman–Crippen MR) is 93.2 cm³/mol. The lowest BCUT2D eigenvalue weighted by molar-refractivity contribution is -0.385. The summed E-state index contributed by atoms with van der Waals surface area (Å²) in [5.74, 6) is -0.343. The van der Waals surface area contributed by atoms with E-state index in [0.717, 1.165) is 6.07 Å². The number of non-ortho nitro benzene ring substituents is 1. The number of aryl methyl sites for hydroxylation is 1. The van der Waals surface area contributed by atoms with Gasteiger partial charge in [-0.1, -0.05) is 12.1 Å². The summed E-state index contributed by atoms with van der Waals surface area (Å²) in [5.41, 5.74) is 1.07. The molecule has 0 unspecified atom stereocenters. The van der Waals surface area contributed by atoms with Crippen LogP contribution in [0.5, 0.6) is 0 Å². The number of hydrogen-bond donors (Lipinski definition) is 2. The summed E-state index contributed by atoms with van der Waals surface area (Å²) in [6.45, 7) is 3.16. The molecule has 9 heteroatoms. The molecule has 8 nitrogen and oxygen atoms in total. The zero-order chi connectivity index (χ0) is 18.8. The molecule has 2 N–H and O–H groups in total. The molecule has 0 aliphatic carbocycles. The normalized spacial score (nSPS) is 11.0. The Labute approximate surface area is 145 Å². The Balaban J connectivity index is 2.49. The highest BCUT2D eigenvalue weighted by Crippen LogP contribution is 2.26. The number of benzene rings is 2. The number of amides is 1. The number of carbonyl (C=O) groups is 1. The molecule has 25 heavy (non-hydrogen) atoms. The van der Waals surface area contributed by atoms with Gasteiger partial charge in [0.1, 0.15) is 0 Å². The van der Waals surface area contributed by atoms with Crippen LogP contribution in [0.4, 0.5) is 11.4 Å². The molecule has 0 saturated heterocycles. The van der Waals surface area contributed by atoms with Gasteiger partial charge in [-0.3, -0.25) is 19.6 Å². The highest BCUT2D eigenvalue weighted by molar-refractivity contribution is 7.92. The topological polar surface area (TPSA) is 118 Å². The van der Waals surface area contributed by atoms with E-state index in [1.165, 1.54) is 25.2 Å². The molecule has 0 fully saturated rings. The van der Waals surface area contributed by atoms with Crippen molar-refractivity contribution in [1.82, 2.24) is 5.32 Å². The summed E-state index contributed by atoms with van der Waals surface area (Å²) in [7, 11) is -2.58. The van der Waals surface area contributed by atoms with E-state index < -0.39 is 14.9 Å². The first kappa shape index (κ1) is 18.4. The molecule has 0 heterocycles. The minimum atomic E-state index is -4.06. The first-order chi connectivity index (χ1) is 11.7. The van der Waals surface area contributed by atoms with Crippen LogP contribution >= 0.6 is 0 Å². The zero-order valence-corrected chi connectivity index (χ0v) is 14.7. The largest absolute Gasteiger partial charge is 0.355 e. The molecular formula is C16H17N3O5S. The van der Waals surface area contributed by atoms with Crippen molar-refractivity contribution in [2.24, 2.45) is 0 Å². The molecule has 2 aromatic carbocycles. The number of rotatable bonds is 5. The SMILES string of the molecule is CNC(=O)c1cccc(NS(=O)(=O)c2cc([N+](=O)[O-])ccc2C)c1C. The number of nitro benzene ring substituents is 1. The minimum absolute atomic E-state index is 0.188. The van der Waals surface area contributed by atoms with Gasteiger partial charge >= 0.3 is 0 Å². The maximum absolute atomic E-state index is 12.7. The molecule has 0 aliphatic rings. The van der Waals surface area contributed by atoms with Gasteiger partial charge < -0.3 is 5.32 Å². The van der Waals surface area contributed by atoms with Crippen molar-refractivity contribution in [2.45, 2.75) is 18.7 Å². The van der Waals surface area contributed by atoms with Crippen LogP contribution in [-0.4, -0.2) is 26.3 Å². The monoisotopic (exact) mass is 363 g/mol. The van der Waals surface area contributed by atoms with Crippen LogP contribution < -0.4 is 10.0 Å². The number of nitrogens with zero attached hydrogens (tertiary/aromatic N) is 1. The van der Waals surface area contributed by atoms with Crippen LogP contribution in [0, 0.1) is 24.0 Å². The molecule has 0 bridgehead atoms. The van der Waals surface area contributed by atoms with E-state index in [9.17, 15) is 23.3 Å². The summed E-state index contributed by atoms with van der Waals surface area (Å²) >= 11 is 0. The third-order valence-corrected chi connectivity index (χ3v) is 5.23. The van der Waals surface area contributed by atoms with Gasteiger partial charge in [-0.05, 0) is 37.1 Å². The van der Waals surface area contributed by atoms with Gasteiger partial charge in [-0.25, -0.2) is 8.42 Å². The van der Waals surface area contributed by atoms with E-state index in [-0.39, 0.29) is 22.2 Å². The second kappa shape index (κ2) is 6.89. The van der Waals surface area contributed by atoms with Crippen molar-refractivity contribution < 1.29 is 18.1 Å². The number of sulfonamides is 1. The van der Waals surface area contributed by atoms with Crippen LogP contribution in [0.15, 0.2) is 41.3 Å². The van der Waals surface area contributed by atoms with Crippen molar-refractivity contribution in [2.75, 3.05) is 11.8 Å². The number of anilines is 1. The molecule has 0 radical (unpaired) electrons. The Kier molecular flexibility index (Phi) is 5.07. The molecule has 2 aromatic rings. The van der Waals surface area contributed by atoms with Crippen molar-refractivity contribution in [1.29, 1.82) is 0 Å². The van der Waals surface area contributed by atoms with Crippen LogP contribution in [0.3, 0.4) is 0 Å². The fourth-order valence-electron chi connectivity index (χ4n) is 2.32. The molecule has 2 rings (SSSR count). The molecule has 0 atom stereocenters. The van der Waals surface area contributed by atoms with Crippen LogP contribution in [0.25, 0.3) is 0 Å². The third kappa shape index (κ3) is 3.77. The fourth-order valence-corrected chi connectivity index (χ4v) is 3.71. The lowest BCUT2D eigenvalue weighted by Gasteiger charge is -2.14. The Hall–Kier alpha value is -2.94. The van der Waals surface area contributed by atoms with Gasteiger partial charge in [-0.2, -0.15) is 0 Å². The molecular weight excluding hydrogens is 346 g/mol. The van der Waals surface area contributed by atoms with Gasteiger partial charge in [0.05, 0.1) is 15.5 Å². The zero-order valence-electron chi connectivity index (χ0n) is 13.9. The van der Waals surface area contributed by atoms with Gasteiger partial charge in [0, 0.05) is 24.7 Å². The molecule has 132 valence electrons. The highest BCUT2D eigenvalue weighted by atomic mass is 32.2. The van der Waals surface area contributed by atoms with E-state index in [0.29, 0.717) is 16.7 Å². The van der Waals surface area contributed by atoms with Crippen LogP contribution in [0.2, 0.25) is 0 Å². The fraction of sp³-hybridized carbons (Fsp3) is 0.188. The van der Waals surface area contributed by atoms with Gasteiger partial charge in [-0.15, -0.1) is 0 Å². The Morgan fingerprint density at radius 2 is 1.84 bits per heavy atom. The van der Waals surface area contributed by atoms with E-state index >= 15 is 0 Å². The maximum atomic E-state index is 12.7. The molecule has 0 aromatic heterocycles. The van der Waals surface area contributed by atoms with Gasteiger partial charge in [0.2, 0.25) is 0 Å². The molecule has 0 saturated carbocycles. The Morgan fingerprint density at radius 1 is 1.16 bits per heavy atom. The van der Waals surface area contributed by atoms with E-state index in [1.807, 2.05) is 0 Å². The first-order valence-electron chi connectivity index (χ1n) is 7.27. The summed E-state index contributed by atoms with van der Waals surface area (Å²) in [6, 6.07) is 8.27. The standard InChI is InChI=1S/C16H17N3O5S/c1-10-7-8-12(19(21)22)9-15(10)25(23,24)18-14-6-4-5-13(11(14)2)16(20)17-3/h4-9,18H,1-3H3,(H,17,20). The smallest absolute Gasteiger partial charge is 0.270 e. The average Bonchev–Trinajstić information content (AvgIpc) is 2.56. The second-order valence-electron chi connectivity index (χ2n) is 5.37. The number of carbonyl (C=O) groups excluding carboxylic acids is 1. The quantitative estimate of drug-likeness (QED) is 0.624. The van der Waals surface area contributed by atoms with E-state index in [1.54, 1.807) is 26.0 Å². The maximum Gasteiger partial charge on any atom is 0.270 e. The van der Waals surface area contributed by atoms with Gasteiger partial charge in [0.15, 0.2) is 0 Å². The van der Waals surface area contributed by atoms with Crippen molar-refractivity contribution in [3.05, 3.63) is 63.2 Å². The molecule has 0 aliphatic heterocycles. The summed E-state index contributed by atoms with van der Waals surface area (Å²) in [4.78, 5) is 21.9. The number of nitro groups is 1. The third-order valence-electron chi connectivity index (χ3n) is 3.72. The number of hydrogen-bond acceptors (Lipinski definition) is 5. The molecule has 1 amide bonds. The minimum Gasteiger partial charge on any atom is -0.355 e. The van der Waals surface area contributed by atoms with Crippen molar-refractivity contribution >= 4 is 27.3 Å². The van der Waals surface area contributed by atoms with Crippen LogP contribution in [0.1, 0.15) is 21.5 Å². The lowest BCUT2D eigenvalue weighted by Crippen LogP contribution is -2.20. The average molecular weight is 363 g/mol. The second-order valence-corrected chi connectivity index (χ2v) is 7.02. The Bertz CT molecular complexity index is 954. The van der Waals surface area contributed by atoms with Crippen molar-refractivity contribution in [3.63, 3.8) is 0 Å². The summed E-state index contributed by atoms with van der Waals surface area (Å²) < 4.78 is 27.7. The van der Waals surface area contributed by atoms with E-state index in [2.05, 4.69) is 10.0 Å².